The van der Waals surface area contributed by atoms with E-state index in [1.807, 2.05) is 31.3 Å². The van der Waals surface area contributed by atoms with Gasteiger partial charge in [-0.25, -0.2) is 0 Å². The second-order valence-electron chi connectivity index (χ2n) is 7.20. The third kappa shape index (κ3) is 2.51. The maximum atomic E-state index is 12.2. The molecular formula is C19H22ClN3O3. The van der Waals surface area contributed by atoms with Crippen molar-refractivity contribution in [3.05, 3.63) is 46.2 Å². The van der Waals surface area contributed by atoms with Crippen LogP contribution in [-0.2, 0) is 24.8 Å². The summed E-state index contributed by atoms with van der Waals surface area (Å²) in [5.41, 5.74) is 2.02. The number of rotatable bonds is 4. The lowest BCUT2D eigenvalue weighted by Gasteiger charge is -2.35. The number of ether oxygens (including phenoxy) is 1. The molecule has 1 N–H and O–H groups in total. The van der Waals surface area contributed by atoms with Gasteiger partial charge in [-0.1, -0.05) is 36.7 Å². The highest BCUT2D eigenvalue weighted by molar-refractivity contribution is 6.30. The van der Waals surface area contributed by atoms with E-state index in [2.05, 4.69) is 16.9 Å². The van der Waals surface area contributed by atoms with Gasteiger partial charge in [0.05, 0.1) is 5.69 Å². The number of hydrogen-bond acceptors (Lipinski definition) is 4. The Morgan fingerprint density at radius 2 is 2.23 bits per heavy atom. The van der Waals surface area contributed by atoms with E-state index in [0.717, 1.165) is 29.0 Å². The van der Waals surface area contributed by atoms with Crippen LogP contribution in [0, 0.1) is 5.41 Å². The molecule has 0 bridgehead atoms. The van der Waals surface area contributed by atoms with Crippen molar-refractivity contribution >= 4 is 17.6 Å². The van der Waals surface area contributed by atoms with E-state index in [1.54, 1.807) is 4.68 Å². The zero-order valence-corrected chi connectivity index (χ0v) is 15.7. The second-order valence-corrected chi connectivity index (χ2v) is 7.56. The topological polar surface area (TPSA) is 67.6 Å². The Hall–Kier alpha value is -2.05. The molecule has 1 aromatic carbocycles. The van der Waals surface area contributed by atoms with Crippen molar-refractivity contribution in [1.82, 2.24) is 14.7 Å². The molecule has 0 saturated carbocycles. The molecule has 0 spiro atoms. The number of para-hydroxylation sites is 1. The SMILES string of the molecule is CCc1nn(C)c(Cl)c1CN1C[C@@H]2c3ccccc3OC[C@]2(C(=O)O)C1. The molecule has 0 unspecified atom stereocenters. The summed E-state index contributed by atoms with van der Waals surface area (Å²) >= 11 is 6.44. The van der Waals surface area contributed by atoms with Crippen LogP contribution in [0.3, 0.4) is 0 Å². The Balaban J connectivity index is 1.68. The smallest absolute Gasteiger partial charge is 0.315 e. The zero-order chi connectivity index (χ0) is 18.5. The normalized spacial score (nSPS) is 24.8. The molecule has 0 amide bonds. The molecular weight excluding hydrogens is 354 g/mol. The van der Waals surface area contributed by atoms with Crippen LogP contribution >= 0.6 is 11.6 Å². The molecule has 0 aliphatic carbocycles. The zero-order valence-electron chi connectivity index (χ0n) is 14.9. The maximum Gasteiger partial charge on any atom is 0.315 e. The molecule has 0 radical (unpaired) electrons. The summed E-state index contributed by atoms with van der Waals surface area (Å²) in [4.78, 5) is 14.4. The molecule has 2 aromatic rings. The molecule has 2 aliphatic heterocycles. The number of benzene rings is 1. The molecule has 6 nitrogen and oxygen atoms in total. The van der Waals surface area contributed by atoms with Crippen molar-refractivity contribution in [1.29, 1.82) is 0 Å². The first kappa shape index (κ1) is 17.4. The highest BCUT2D eigenvalue weighted by Gasteiger charge is 2.56. The van der Waals surface area contributed by atoms with Crippen molar-refractivity contribution in [2.24, 2.45) is 12.5 Å². The molecule has 1 fully saturated rings. The van der Waals surface area contributed by atoms with Crippen molar-refractivity contribution in [3.63, 3.8) is 0 Å². The second kappa shape index (κ2) is 6.28. The highest BCUT2D eigenvalue weighted by atomic mass is 35.5. The summed E-state index contributed by atoms with van der Waals surface area (Å²) in [5, 5.41) is 15.1. The van der Waals surface area contributed by atoms with E-state index in [-0.39, 0.29) is 12.5 Å². The molecule has 2 atom stereocenters. The fourth-order valence-corrected chi connectivity index (χ4v) is 4.52. The number of hydrogen-bond donors (Lipinski definition) is 1. The van der Waals surface area contributed by atoms with Gasteiger partial charge in [0.2, 0.25) is 0 Å². The van der Waals surface area contributed by atoms with Crippen LogP contribution in [0.1, 0.15) is 29.7 Å². The lowest BCUT2D eigenvalue weighted by atomic mass is 9.73. The Morgan fingerprint density at radius 1 is 1.46 bits per heavy atom. The van der Waals surface area contributed by atoms with Crippen molar-refractivity contribution in [2.75, 3.05) is 19.7 Å². The Labute approximate surface area is 157 Å². The number of halogens is 1. The van der Waals surface area contributed by atoms with Crippen LogP contribution in [0.2, 0.25) is 5.15 Å². The van der Waals surface area contributed by atoms with E-state index in [4.69, 9.17) is 16.3 Å². The Kier molecular flexibility index (Phi) is 4.20. The van der Waals surface area contributed by atoms with E-state index < -0.39 is 11.4 Å². The fraction of sp³-hybridized carbons (Fsp3) is 0.474. The highest BCUT2D eigenvalue weighted by Crippen LogP contribution is 2.50. The van der Waals surface area contributed by atoms with Gasteiger partial charge in [-0.2, -0.15) is 5.10 Å². The average Bonchev–Trinajstić information content (AvgIpc) is 3.15. The lowest BCUT2D eigenvalue weighted by molar-refractivity contribution is -0.151. The number of carbonyl (C=O) groups is 1. The van der Waals surface area contributed by atoms with Crippen molar-refractivity contribution in [3.8, 4) is 5.75 Å². The molecule has 3 heterocycles. The van der Waals surface area contributed by atoms with E-state index in [9.17, 15) is 9.90 Å². The van der Waals surface area contributed by atoms with E-state index in [0.29, 0.717) is 24.8 Å². The van der Waals surface area contributed by atoms with Crippen LogP contribution in [0.15, 0.2) is 24.3 Å². The van der Waals surface area contributed by atoms with Crippen LogP contribution in [0.25, 0.3) is 0 Å². The van der Waals surface area contributed by atoms with Gasteiger partial charge in [0.1, 0.15) is 22.9 Å². The first-order valence-electron chi connectivity index (χ1n) is 8.84. The predicted octanol–water partition coefficient (Wildman–Crippen LogP) is 2.70. The van der Waals surface area contributed by atoms with Crippen molar-refractivity contribution in [2.45, 2.75) is 25.8 Å². The number of aliphatic carboxylic acids is 1. The summed E-state index contributed by atoms with van der Waals surface area (Å²) in [6.07, 6.45) is 0.795. The number of aryl methyl sites for hydroxylation is 2. The van der Waals surface area contributed by atoms with Gasteiger partial charge in [-0.15, -0.1) is 0 Å². The number of carboxylic acids is 1. The van der Waals surface area contributed by atoms with Gasteiger partial charge in [0, 0.05) is 38.2 Å². The number of carboxylic acid groups (broad SMARTS) is 1. The Bertz CT molecular complexity index is 866. The molecule has 4 rings (SSSR count). The third-order valence-corrected chi connectivity index (χ3v) is 6.16. The summed E-state index contributed by atoms with van der Waals surface area (Å²) in [7, 11) is 1.83. The maximum absolute atomic E-state index is 12.2. The van der Waals surface area contributed by atoms with Crippen LogP contribution in [-0.4, -0.2) is 45.5 Å². The number of fused-ring (bicyclic) bond motifs is 3. The van der Waals surface area contributed by atoms with Gasteiger partial charge < -0.3 is 9.84 Å². The predicted molar refractivity (Wildman–Crippen MR) is 97.6 cm³/mol. The van der Waals surface area contributed by atoms with Crippen molar-refractivity contribution < 1.29 is 14.6 Å². The number of nitrogens with zero attached hydrogens (tertiary/aromatic N) is 3. The molecule has 7 heteroatoms. The third-order valence-electron chi connectivity index (χ3n) is 5.69. The standard InChI is InChI=1S/C19H22ClN3O3/c1-3-15-13(17(20)22(2)21-15)8-23-9-14-12-6-4-5-7-16(12)26-11-19(14,10-23)18(24)25/h4-7,14H,3,8-11H2,1-2H3,(H,24,25)/t14-,19-/m1/s1. The molecule has 2 aliphatic rings. The first-order chi connectivity index (χ1) is 12.5. The fourth-order valence-electron chi connectivity index (χ4n) is 4.32. The van der Waals surface area contributed by atoms with Crippen LogP contribution in [0.5, 0.6) is 5.75 Å². The molecule has 26 heavy (non-hydrogen) atoms. The molecule has 1 saturated heterocycles. The minimum Gasteiger partial charge on any atom is -0.492 e. The lowest BCUT2D eigenvalue weighted by Crippen LogP contribution is -2.45. The van der Waals surface area contributed by atoms with Gasteiger partial charge in [-0.3, -0.25) is 14.4 Å². The summed E-state index contributed by atoms with van der Waals surface area (Å²) in [6.45, 7) is 3.96. The summed E-state index contributed by atoms with van der Waals surface area (Å²) in [5.74, 6) is -0.0946. The monoisotopic (exact) mass is 375 g/mol. The van der Waals surface area contributed by atoms with Gasteiger partial charge in [0.15, 0.2) is 0 Å². The summed E-state index contributed by atoms with van der Waals surface area (Å²) < 4.78 is 7.51. The van der Waals surface area contributed by atoms with Crippen LogP contribution in [0.4, 0.5) is 0 Å². The number of likely N-dealkylation sites (tertiary alicyclic amines) is 1. The van der Waals surface area contributed by atoms with Gasteiger partial charge in [-0.05, 0) is 18.1 Å². The average molecular weight is 376 g/mol. The minimum absolute atomic E-state index is 0.0922. The molecule has 138 valence electrons. The summed E-state index contributed by atoms with van der Waals surface area (Å²) in [6, 6.07) is 7.75. The minimum atomic E-state index is -0.921. The quantitative estimate of drug-likeness (QED) is 0.889. The van der Waals surface area contributed by atoms with E-state index in [1.165, 1.54) is 0 Å². The van der Waals surface area contributed by atoms with Gasteiger partial charge >= 0.3 is 5.97 Å². The Morgan fingerprint density at radius 3 is 2.96 bits per heavy atom. The molecule has 1 aromatic heterocycles. The van der Waals surface area contributed by atoms with E-state index >= 15 is 0 Å². The van der Waals surface area contributed by atoms with Gasteiger partial charge in [0.25, 0.3) is 0 Å². The largest absolute Gasteiger partial charge is 0.492 e. The number of aromatic nitrogens is 2. The first-order valence-corrected chi connectivity index (χ1v) is 9.21. The van der Waals surface area contributed by atoms with Crippen LogP contribution < -0.4 is 4.74 Å².